The van der Waals surface area contributed by atoms with E-state index in [9.17, 15) is 0 Å². The summed E-state index contributed by atoms with van der Waals surface area (Å²) in [5.41, 5.74) is 3.35. The van der Waals surface area contributed by atoms with Crippen molar-refractivity contribution in [1.29, 1.82) is 0 Å². The third-order valence-electron chi connectivity index (χ3n) is 5.41. The van der Waals surface area contributed by atoms with Gasteiger partial charge in [0.1, 0.15) is 11.6 Å². The smallest absolute Gasteiger partial charge is 0.163 e. The van der Waals surface area contributed by atoms with Crippen LogP contribution in [0.5, 0.6) is 5.75 Å². The van der Waals surface area contributed by atoms with Gasteiger partial charge in [-0.1, -0.05) is 12.1 Å². The number of piperidine rings is 1. The maximum absolute atomic E-state index is 5.27. The number of aromatic nitrogens is 3. The van der Waals surface area contributed by atoms with Crippen LogP contribution in [0.25, 0.3) is 11.4 Å². The summed E-state index contributed by atoms with van der Waals surface area (Å²) >= 11 is 0. The molecule has 3 heterocycles. The molecular formula is C23H27N5O. The minimum absolute atomic E-state index is 0.396. The fraction of sp³-hybridized carbons (Fsp3) is 0.348. The van der Waals surface area contributed by atoms with Gasteiger partial charge >= 0.3 is 0 Å². The monoisotopic (exact) mass is 389 g/mol. The van der Waals surface area contributed by atoms with Crippen molar-refractivity contribution >= 4 is 5.82 Å². The van der Waals surface area contributed by atoms with Crippen LogP contribution >= 0.6 is 0 Å². The van der Waals surface area contributed by atoms with E-state index in [1.165, 1.54) is 12.0 Å². The molecule has 1 N–H and O–H groups in total. The van der Waals surface area contributed by atoms with Crippen LogP contribution in [0.4, 0.5) is 5.82 Å². The largest absolute Gasteiger partial charge is 0.497 e. The molecule has 3 aromatic rings. The highest BCUT2D eigenvalue weighted by Gasteiger charge is 2.24. The summed E-state index contributed by atoms with van der Waals surface area (Å²) in [5.74, 6) is 2.87. The van der Waals surface area contributed by atoms with Crippen LogP contribution in [0.3, 0.4) is 0 Å². The van der Waals surface area contributed by atoms with Gasteiger partial charge in [-0.25, -0.2) is 9.97 Å². The second-order valence-electron chi connectivity index (χ2n) is 7.42. The summed E-state index contributed by atoms with van der Waals surface area (Å²) in [7, 11) is 3.60. The van der Waals surface area contributed by atoms with E-state index in [0.29, 0.717) is 5.92 Å². The molecule has 1 aromatic carbocycles. The van der Waals surface area contributed by atoms with Gasteiger partial charge in [0.05, 0.1) is 12.8 Å². The van der Waals surface area contributed by atoms with Gasteiger partial charge < -0.3 is 10.1 Å². The molecular weight excluding hydrogens is 362 g/mol. The third kappa shape index (κ3) is 4.71. The SMILES string of the molecule is CNc1cc([C@@H]2CCCN(Cc3ccc(OC)cc3)C2)nc(-c2cccnc2)n1. The Morgan fingerprint density at radius 1 is 1.17 bits per heavy atom. The molecule has 0 aliphatic carbocycles. The molecule has 1 fully saturated rings. The fourth-order valence-electron chi connectivity index (χ4n) is 3.86. The number of ether oxygens (including phenoxy) is 1. The van der Waals surface area contributed by atoms with E-state index in [0.717, 1.165) is 54.7 Å². The van der Waals surface area contributed by atoms with Crippen LogP contribution < -0.4 is 10.1 Å². The molecule has 6 heteroatoms. The molecule has 0 unspecified atom stereocenters. The summed E-state index contributed by atoms with van der Waals surface area (Å²) < 4.78 is 5.27. The predicted molar refractivity (Wildman–Crippen MR) is 115 cm³/mol. The van der Waals surface area contributed by atoms with E-state index in [1.807, 2.05) is 37.5 Å². The van der Waals surface area contributed by atoms with Crippen molar-refractivity contribution in [2.24, 2.45) is 0 Å². The zero-order valence-electron chi connectivity index (χ0n) is 17.0. The van der Waals surface area contributed by atoms with Crippen LogP contribution in [0, 0.1) is 0 Å². The second-order valence-corrected chi connectivity index (χ2v) is 7.42. The number of methoxy groups -OCH3 is 1. The average molecular weight is 390 g/mol. The van der Waals surface area contributed by atoms with Gasteiger partial charge in [-0.15, -0.1) is 0 Å². The van der Waals surface area contributed by atoms with Crippen molar-refractivity contribution in [2.45, 2.75) is 25.3 Å². The molecule has 1 saturated heterocycles. The van der Waals surface area contributed by atoms with E-state index in [2.05, 4.69) is 38.4 Å². The lowest BCUT2D eigenvalue weighted by Gasteiger charge is -2.32. The first-order valence-electron chi connectivity index (χ1n) is 10.1. The van der Waals surface area contributed by atoms with Gasteiger partial charge in [0.15, 0.2) is 5.82 Å². The molecule has 1 atom stereocenters. The van der Waals surface area contributed by atoms with E-state index < -0.39 is 0 Å². The first-order valence-corrected chi connectivity index (χ1v) is 10.1. The Labute approximate surface area is 172 Å². The van der Waals surface area contributed by atoms with Crippen LogP contribution in [0.2, 0.25) is 0 Å². The number of anilines is 1. The summed E-state index contributed by atoms with van der Waals surface area (Å²) in [4.78, 5) is 16.3. The number of rotatable bonds is 6. The number of pyridine rings is 1. The van der Waals surface area contributed by atoms with Crippen molar-refractivity contribution in [1.82, 2.24) is 19.9 Å². The van der Waals surface area contributed by atoms with E-state index >= 15 is 0 Å². The number of hydrogen-bond donors (Lipinski definition) is 1. The van der Waals surface area contributed by atoms with Crippen LogP contribution in [-0.4, -0.2) is 47.1 Å². The van der Waals surface area contributed by atoms with Gasteiger partial charge in [-0.2, -0.15) is 0 Å². The predicted octanol–water partition coefficient (Wildman–Crippen LogP) is 3.97. The molecule has 1 aliphatic heterocycles. The Hall–Kier alpha value is -2.99. The molecule has 0 amide bonds. The molecule has 29 heavy (non-hydrogen) atoms. The topological polar surface area (TPSA) is 63.2 Å². The van der Waals surface area contributed by atoms with E-state index in [1.54, 1.807) is 13.3 Å². The van der Waals surface area contributed by atoms with Gasteiger partial charge in [0, 0.05) is 50.1 Å². The molecule has 0 spiro atoms. The maximum Gasteiger partial charge on any atom is 0.163 e. The highest BCUT2D eigenvalue weighted by atomic mass is 16.5. The fourth-order valence-corrected chi connectivity index (χ4v) is 3.86. The highest BCUT2D eigenvalue weighted by Crippen LogP contribution is 2.29. The van der Waals surface area contributed by atoms with E-state index in [4.69, 9.17) is 9.72 Å². The molecule has 0 saturated carbocycles. The first-order chi connectivity index (χ1) is 14.2. The number of benzene rings is 1. The highest BCUT2D eigenvalue weighted by molar-refractivity contribution is 5.56. The third-order valence-corrected chi connectivity index (χ3v) is 5.41. The molecule has 0 radical (unpaired) electrons. The van der Waals surface area contributed by atoms with Crippen LogP contribution in [0.15, 0.2) is 54.9 Å². The lowest BCUT2D eigenvalue weighted by atomic mass is 9.94. The number of nitrogens with zero attached hydrogens (tertiary/aromatic N) is 4. The number of likely N-dealkylation sites (tertiary alicyclic amines) is 1. The summed E-state index contributed by atoms with van der Waals surface area (Å²) in [6, 6.07) is 14.4. The molecule has 2 aromatic heterocycles. The second kappa shape index (κ2) is 9.01. The summed E-state index contributed by atoms with van der Waals surface area (Å²) in [6.45, 7) is 3.06. The molecule has 150 valence electrons. The summed E-state index contributed by atoms with van der Waals surface area (Å²) in [6.07, 6.45) is 5.90. The lowest BCUT2D eigenvalue weighted by molar-refractivity contribution is 0.198. The number of hydrogen-bond acceptors (Lipinski definition) is 6. The van der Waals surface area contributed by atoms with Gasteiger partial charge in [-0.05, 0) is 49.2 Å². The van der Waals surface area contributed by atoms with Crippen molar-refractivity contribution in [3.05, 3.63) is 66.1 Å². The lowest BCUT2D eigenvalue weighted by Crippen LogP contribution is -2.34. The maximum atomic E-state index is 5.27. The Kier molecular flexibility index (Phi) is 6.00. The van der Waals surface area contributed by atoms with Gasteiger partial charge in [0.2, 0.25) is 0 Å². The normalized spacial score (nSPS) is 17.1. The standard InChI is InChI=1S/C23H27N5O/c1-24-22-13-21(26-23(27-22)18-5-3-11-25-14-18)19-6-4-12-28(16-19)15-17-7-9-20(29-2)10-8-17/h3,5,7-11,13-14,19H,4,6,12,15-16H2,1-2H3,(H,24,26,27)/t19-/m1/s1. The Morgan fingerprint density at radius 2 is 2.03 bits per heavy atom. The Balaban J connectivity index is 1.52. The van der Waals surface area contributed by atoms with Gasteiger partial charge in [0.25, 0.3) is 0 Å². The molecule has 0 bridgehead atoms. The number of nitrogens with one attached hydrogen (secondary N) is 1. The van der Waals surface area contributed by atoms with Crippen molar-refractivity contribution in [3.8, 4) is 17.1 Å². The van der Waals surface area contributed by atoms with Crippen molar-refractivity contribution in [2.75, 3.05) is 32.6 Å². The van der Waals surface area contributed by atoms with Crippen LogP contribution in [0.1, 0.15) is 30.0 Å². The molecule has 4 rings (SSSR count). The minimum atomic E-state index is 0.396. The average Bonchev–Trinajstić information content (AvgIpc) is 2.80. The van der Waals surface area contributed by atoms with Crippen LogP contribution in [-0.2, 0) is 6.54 Å². The molecule has 1 aliphatic rings. The Morgan fingerprint density at radius 3 is 2.76 bits per heavy atom. The Bertz CT molecular complexity index is 930. The minimum Gasteiger partial charge on any atom is -0.497 e. The zero-order chi connectivity index (χ0) is 20.1. The van der Waals surface area contributed by atoms with E-state index in [-0.39, 0.29) is 0 Å². The summed E-state index contributed by atoms with van der Waals surface area (Å²) in [5, 5.41) is 3.18. The zero-order valence-corrected chi connectivity index (χ0v) is 17.0. The quantitative estimate of drug-likeness (QED) is 0.688. The van der Waals surface area contributed by atoms with Gasteiger partial charge in [-0.3, -0.25) is 9.88 Å². The first kappa shape index (κ1) is 19.3. The molecule has 6 nitrogen and oxygen atoms in total. The van der Waals surface area contributed by atoms with Crippen molar-refractivity contribution < 1.29 is 4.74 Å². The van der Waals surface area contributed by atoms with Crippen molar-refractivity contribution in [3.63, 3.8) is 0 Å².